The van der Waals surface area contributed by atoms with Crippen LogP contribution < -0.4 is 5.32 Å². The van der Waals surface area contributed by atoms with Crippen molar-refractivity contribution in [1.82, 2.24) is 0 Å². The van der Waals surface area contributed by atoms with Crippen molar-refractivity contribution in [1.29, 1.82) is 0 Å². The third-order valence-electron chi connectivity index (χ3n) is 1.91. The summed E-state index contributed by atoms with van der Waals surface area (Å²) in [5, 5.41) is 10.1. The molecule has 0 spiro atoms. The van der Waals surface area contributed by atoms with Gasteiger partial charge in [-0.2, -0.15) is 4.79 Å². The molecule has 16 heavy (non-hydrogen) atoms. The molecule has 5 heteroatoms. The fourth-order valence-electron chi connectivity index (χ4n) is 1.16. The van der Waals surface area contributed by atoms with Crippen LogP contribution >= 0.6 is 0 Å². The summed E-state index contributed by atoms with van der Waals surface area (Å²) in [6.45, 7) is 10.5. The molecule has 0 aromatic heterocycles. The van der Waals surface area contributed by atoms with Crippen LogP contribution in [-0.2, 0) is 9.53 Å². The lowest BCUT2D eigenvalue weighted by Crippen LogP contribution is -2.97. The molecule has 0 rings (SSSR count). The average Bonchev–Trinajstić information content (AvgIpc) is 1.93. The first-order chi connectivity index (χ1) is 6.93. The van der Waals surface area contributed by atoms with Gasteiger partial charge >= 0.3 is 12.1 Å². The van der Waals surface area contributed by atoms with E-state index in [1.54, 1.807) is 41.5 Å². The van der Waals surface area contributed by atoms with Gasteiger partial charge in [0.05, 0.1) is 0 Å². The summed E-state index contributed by atoms with van der Waals surface area (Å²) < 4.78 is 5.06. The molecule has 5 nitrogen and oxygen atoms in total. The van der Waals surface area contributed by atoms with Crippen molar-refractivity contribution < 1.29 is 24.7 Å². The van der Waals surface area contributed by atoms with Gasteiger partial charge in [-0.25, -0.2) is 10.1 Å². The molecule has 0 aliphatic carbocycles. The third-order valence-corrected chi connectivity index (χ3v) is 1.91. The number of primary amides is 1. The highest BCUT2D eigenvalue weighted by Crippen LogP contribution is 2.16. The number of carboxylic acid groups (broad SMARTS) is 1. The quantitative estimate of drug-likeness (QED) is 0.744. The Morgan fingerprint density at radius 3 is 1.81 bits per heavy atom. The number of carbonyl (C=O) groups is 2. The number of ether oxygens (including phenoxy) is 1. The van der Waals surface area contributed by atoms with E-state index in [-0.39, 0.29) is 0 Å². The first-order valence-corrected chi connectivity index (χ1v) is 5.24. The Hall–Kier alpha value is -1.10. The lowest BCUT2D eigenvalue weighted by molar-refractivity contribution is -0.612. The van der Waals surface area contributed by atoms with Gasteiger partial charge in [0.2, 0.25) is 0 Å². The molecule has 0 aromatic rings. The molecule has 0 heterocycles. The van der Waals surface area contributed by atoms with E-state index in [2.05, 4.69) is 0 Å². The lowest BCUT2D eigenvalue weighted by Gasteiger charge is -2.25. The first kappa shape index (κ1) is 14.9. The van der Waals surface area contributed by atoms with E-state index in [0.29, 0.717) is 0 Å². The summed E-state index contributed by atoms with van der Waals surface area (Å²) in [5.74, 6) is -1.02. The summed E-state index contributed by atoms with van der Waals surface area (Å²) in [5.41, 5.74) is -1.11. The molecule has 0 saturated heterocycles. The molecule has 0 radical (unpaired) electrons. The summed E-state index contributed by atoms with van der Waals surface area (Å²) in [6.07, 6.45) is -0.588. The number of hydrogen-bond donors (Lipinski definition) is 2. The highest BCUT2D eigenvalue weighted by atomic mass is 16.6. The van der Waals surface area contributed by atoms with Gasteiger partial charge < -0.3 is 9.84 Å². The summed E-state index contributed by atoms with van der Waals surface area (Å²) in [6, 6.07) is -0.845. The van der Waals surface area contributed by atoms with Crippen LogP contribution in [0, 0.1) is 5.41 Å². The van der Waals surface area contributed by atoms with Crippen molar-refractivity contribution in [3.8, 4) is 0 Å². The van der Waals surface area contributed by atoms with Gasteiger partial charge in [0.15, 0.2) is 6.04 Å². The van der Waals surface area contributed by atoms with Gasteiger partial charge in [0.25, 0.3) is 0 Å². The monoisotopic (exact) mass is 232 g/mol. The average molecular weight is 232 g/mol. The van der Waals surface area contributed by atoms with E-state index in [0.717, 1.165) is 5.32 Å². The molecule has 1 amide bonds. The van der Waals surface area contributed by atoms with Gasteiger partial charge in [-0.1, -0.05) is 20.8 Å². The van der Waals surface area contributed by atoms with E-state index in [1.807, 2.05) is 0 Å². The number of aliphatic carboxylic acids is 1. The molecule has 94 valence electrons. The molecule has 0 fully saturated rings. The van der Waals surface area contributed by atoms with Crippen molar-refractivity contribution in [2.45, 2.75) is 53.2 Å². The topological polar surface area (TPSA) is 80.2 Å². The standard InChI is InChI=1S/C11H21NO4/c1-10(2,3)7(8(13)14)12-9(15)16-11(4,5)6/h7H,1-6H3,(H,12,15)(H,13,14)/p+1/t7-/m1/s1. The summed E-state index contributed by atoms with van der Waals surface area (Å²) >= 11 is 0. The second kappa shape index (κ2) is 4.82. The SMILES string of the molecule is CC(C)(C)OC(=O)[NH2+][C@H](C(=O)O)C(C)(C)C. The molecular formula is C11H22NO4+. The molecule has 0 saturated carbocycles. The summed E-state index contributed by atoms with van der Waals surface area (Å²) in [4.78, 5) is 22.5. The van der Waals surface area contributed by atoms with E-state index < -0.39 is 29.1 Å². The summed E-state index contributed by atoms with van der Waals surface area (Å²) in [7, 11) is 0. The normalized spacial score (nSPS) is 14.4. The van der Waals surface area contributed by atoms with Crippen LogP contribution in [0.5, 0.6) is 0 Å². The molecular weight excluding hydrogens is 210 g/mol. The number of amides is 1. The minimum Gasteiger partial charge on any atom is -0.477 e. The Morgan fingerprint density at radius 2 is 1.56 bits per heavy atom. The largest absolute Gasteiger partial charge is 0.513 e. The molecule has 0 bridgehead atoms. The van der Waals surface area contributed by atoms with Crippen LogP contribution in [0.15, 0.2) is 0 Å². The molecule has 1 atom stereocenters. The molecule has 0 unspecified atom stereocenters. The molecule has 0 aliphatic heterocycles. The van der Waals surface area contributed by atoms with Crippen LogP contribution in [-0.4, -0.2) is 28.8 Å². The maximum atomic E-state index is 11.5. The van der Waals surface area contributed by atoms with Gasteiger partial charge in [-0.3, -0.25) is 0 Å². The highest BCUT2D eigenvalue weighted by Gasteiger charge is 2.38. The van der Waals surface area contributed by atoms with E-state index in [9.17, 15) is 9.59 Å². The zero-order valence-electron chi connectivity index (χ0n) is 10.8. The second-order valence-corrected chi connectivity index (χ2v) is 5.88. The number of hydrogen-bond acceptors (Lipinski definition) is 3. The Kier molecular flexibility index (Phi) is 4.49. The van der Waals surface area contributed by atoms with E-state index >= 15 is 0 Å². The maximum Gasteiger partial charge on any atom is 0.513 e. The minimum atomic E-state index is -1.02. The Bertz CT molecular complexity index is 273. The van der Waals surface area contributed by atoms with Crippen LogP contribution in [0.2, 0.25) is 0 Å². The Balaban J connectivity index is 4.56. The van der Waals surface area contributed by atoms with Crippen LogP contribution in [0.1, 0.15) is 41.5 Å². The number of nitrogens with two attached hydrogens (primary N) is 1. The predicted molar refractivity (Wildman–Crippen MR) is 59.0 cm³/mol. The van der Waals surface area contributed by atoms with Gasteiger partial charge in [-0.15, -0.1) is 0 Å². The van der Waals surface area contributed by atoms with E-state index in [1.165, 1.54) is 0 Å². The van der Waals surface area contributed by atoms with Crippen molar-refractivity contribution >= 4 is 12.1 Å². The van der Waals surface area contributed by atoms with Crippen LogP contribution in [0.3, 0.4) is 0 Å². The van der Waals surface area contributed by atoms with Gasteiger partial charge in [0.1, 0.15) is 5.60 Å². The van der Waals surface area contributed by atoms with Crippen molar-refractivity contribution in [2.24, 2.45) is 5.41 Å². The zero-order chi connectivity index (χ0) is 13.1. The van der Waals surface area contributed by atoms with Crippen LogP contribution in [0.25, 0.3) is 0 Å². The predicted octanol–water partition coefficient (Wildman–Crippen LogP) is 0.984. The second-order valence-electron chi connectivity index (χ2n) is 5.88. The number of carboxylic acids is 1. The molecule has 3 N–H and O–H groups in total. The van der Waals surface area contributed by atoms with Crippen molar-refractivity contribution in [2.75, 3.05) is 0 Å². The van der Waals surface area contributed by atoms with E-state index in [4.69, 9.17) is 9.84 Å². The maximum absolute atomic E-state index is 11.5. The smallest absolute Gasteiger partial charge is 0.477 e. The fourth-order valence-corrected chi connectivity index (χ4v) is 1.16. The number of carbonyl (C=O) groups excluding carboxylic acids is 1. The first-order valence-electron chi connectivity index (χ1n) is 5.24. The number of rotatable bonds is 2. The molecule has 0 aliphatic rings. The van der Waals surface area contributed by atoms with Crippen molar-refractivity contribution in [3.05, 3.63) is 0 Å². The fraction of sp³-hybridized carbons (Fsp3) is 0.818. The Morgan fingerprint density at radius 1 is 1.12 bits per heavy atom. The third kappa shape index (κ3) is 5.70. The minimum absolute atomic E-state index is 0.511. The molecule has 0 aromatic carbocycles. The lowest BCUT2D eigenvalue weighted by atomic mass is 9.87. The number of quaternary nitrogens is 1. The van der Waals surface area contributed by atoms with Crippen molar-refractivity contribution in [3.63, 3.8) is 0 Å². The zero-order valence-corrected chi connectivity index (χ0v) is 10.8. The van der Waals surface area contributed by atoms with Crippen LogP contribution in [0.4, 0.5) is 4.79 Å². The van der Waals surface area contributed by atoms with Gasteiger partial charge in [0, 0.05) is 5.41 Å². The van der Waals surface area contributed by atoms with Gasteiger partial charge in [-0.05, 0) is 20.8 Å². The highest BCUT2D eigenvalue weighted by molar-refractivity contribution is 5.74. The Labute approximate surface area is 96.2 Å².